The average molecular weight is 238 g/mol. The Morgan fingerprint density at radius 1 is 1.56 bits per heavy atom. The van der Waals surface area contributed by atoms with Crippen LogP contribution in [0.2, 0.25) is 0 Å². The number of nitrogens with one attached hydrogen (secondary N) is 1. The first kappa shape index (κ1) is 11.1. The van der Waals surface area contributed by atoms with Crippen LogP contribution in [0.25, 0.3) is 11.4 Å². The van der Waals surface area contributed by atoms with Crippen molar-refractivity contribution in [3.05, 3.63) is 17.6 Å². The number of methoxy groups -OCH3 is 1. The van der Waals surface area contributed by atoms with Crippen molar-refractivity contribution in [2.24, 2.45) is 7.05 Å². The molecular formula is C10H14N4OS. The minimum atomic E-state index is 0.681. The van der Waals surface area contributed by atoms with E-state index in [1.54, 1.807) is 24.6 Å². The number of rotatable bonds is 5. The second-order valence-electron chi connectivity index (χ2n) is 3.30. The van der Waals surface area contributed by atoms with Crippen molar-refractivity contribution in [2.45, 2.75) is 0 Å². The van der Waals surface area contributed by atoms with E-state index in [1.807, 2.05) is 23.2 Å². The van der Waals surface area contributed by atoms with Crippen LogP contribution in [0.5, 0.6) is 0 Å². The van der Waals surface area contributed by atoms with Crippen molar-refractivity contribution in [2.75, 3.05) is 25.6 Å². The zero-order valence-electron chi connectivity index (χ0n) is 9.30. The molecule has 0 atom stereocenters. The zero-order valence-corrected chi connectivity index (χ0v) is 10.1. The lowest BCUT2D eigenvalue weighted by molar-refractivity contribution is 0.211. The number of aryl methyl sites for hydroxylation is 1. The fourth-order valence-corrected chi connectivity index (χ4v) is 2.09. The summed E-state index contributed by atoms with van der Waals surface area (Å²) in [4.78, 5) is 4.48. The molecule has 6 heteroatoms. The zero-order chi connectivity index (χ0) is 11.4. The van der Waals surface area contributed by atoms with Crippen LogP contribution in [-0.2, 0) is 11.8 Å². The molecule has 0 aromatic carbocycles. The summed E-state index contributed by atoms with van der Waals surface area (Å²) in [5.74, 6) is 0. The Kier molecular flexibility index (Phi) is 3.53. The summed E-state index contributed by atoms with van der Waals surface area (Å²) < 4.78 is 6.78. The number of anilines is 1. The number of ether oxygens (including phenoxy) is 1. The van der Waals surface area contributed by atoms with E-state index >= 15 is 0 Å². The predicted molar refractivity (Wildman–Crippen MR) is 64.7 cm³/mol. The van der Waals surface area contributed by atoms with E-state index in [1.165, 1.54) is 0 Å². The second-order valence-corrected chi connectivity index (χ2v) is 4.16. The molecule has 86 valence electrons. The molecule has 0 saturated heterocycles. The quantitative estimate of drug-likeness (QED) is 0.804. The third-order valence-corrected chi connectivity index (χ3v) is 2.97. The lowest BCUT2D eigenvalue weighted by atomic mass is 10.3. The van der Waals surface area contributed by atoms with E-state index in [2.05, 4.69) is 15.4 Å². The molecule has 0 amide bonds. The third-order valence-electron chi connectivity index (χ3n) is 2.17. The van der Waals surface area contributed by atoms with E-state index in [0.29, 0.717) is 6.61 Å². The summed E-state index contributed by atoms with van der Waals surface area (Å²) in [7, 11) is 3.59. The molecule has 2 rings (SSSR count). The highest BCUT2D eigenvalue weighted by Crippen LogP contribution is 2.23. The van der Waals surface area contributed by atoms with Gasteiger partial charge in [0.15, 0.2) is 5.13 Å². The molecule has 0 bridgehead atoms. The number of hydrogen-bond acceptors (Lipinski definition) is 5. The van der Waals surface area contributed by atoms with Gasteiger partial charge < -0.3 is 10.1 Å². The Hall–Kier alpha value is -1.40. The predicted octanol–water partition coefficient (Wildman–Crippen LogP) is 1.60. The minimum Gasteiger partial charge on any atom is -0.383 e. The molecule has 0 radical (unpaired) electrons. The van der Waals surface area contributed by atoms with Crippen LogP contribution in [0.4, 0.5) is 5.13 Å². The van der Waals surface area contributed by atoms with Crippen molar-refractivity contribution >= 4 is 16.5 Å². The van der Waals surface area contributed by atoms with Gasteiger partial charge in [-0.15, -0.1) is 11.3 Å². The Labute approximate surface area is 98.1 Å². The van der Waals surface area contributed by atoms with Crippen molar-refractivity contribution in [3.63, 3.8) is 0 Å². The van der Waals surface area contributed by atoms with E-state index in [4.69, 9.17) is 4.74 Å². The van der Waals surface area contributed by atoms with Crippen LogP contribution < -0.4 is 5.32 Å². The van der Waals surface area contributed by atoms with Gasteiger partial charge in [0.05, 0.1) is 12.3 Å². The maximum Gasteiger partial charge on any atom is 0.183 e. The SMILES string of the molecule is COCCNc1nc(-c2ccnn2C)cs1. The third kappa shape index (κ3) is 2.40. The molecular weight excluding hydrogens is 224 g/mol. The topological polar surface area (TPSA) is 52.0 Å². The Bertz CT molecular complexity index is 451. The number of thiazole rings is 1. The molecule has 0 fully saturated rings. The monoisotopic (exact) mass is 238 g/mol. The molecule has 1 N–H and O–H groups in total. The minimum absolute atomic E-state index is 0.681. The lowest BCUT2D eigenvalue weighted by Crippen LogP contribution is -2.07. The average Bonchev–Trinajstić information content (AvgIpc) is 2.87. The lowest BCUT2D eigenvalue weighted by Gasteiger charge is -2.00. The maximum absolute atomic E-state index is 4.96. The Balaban J connectivity index is 2.05. The van der Waals surface area contributed by atoms with Crippen LogP contribution in [0.15, 0.2) is 17.6 Å². The van der Waals surface area contributed by atoms with Gasteiger partial charge in [0.2, 0.25) is 0 Å². The first-order chi connectivity index (χ1) is 7.81. The molecule has 2 aromatic rings. The molecule has 16 heavy (non-hydrogen) atoms. The van der Waals surface area contributed by atoms with Gasteiger partial charge in [-0.3, -0.25) is 4.68 Å². The van der Waals surface area contributed by atoms with Crippen molar-refractivity contribution in [1.82, 2.24) is 14.8 Å². The van der Waals surface area contributed by atoms with E-state index in [0.717, 1.165) is 23.1 Å². The van der Waals surface area contributed by atoms with Crippen LogP contribution in [0, 0.1) is 0 Å². The van der Waals surface area contributed by atoms with E-state index < -0.39 is 0 Å². The molecule has 5 nitrogen and oxygen atoms in total. The highest BCUT2D eigenvalue weighted by atomic mass is 32.1. The summed E-state index contributed by atoms with van der Waals surface area (Å²) in [6.07, 6.45) is 1.77. The van der Waals surface area contributed by atoms with Crippen molar-refractivity contribution in [1.29, 1.82) is 0 Å². The van der Waals surface area contributed by atoms with Gasteiger partial charge >= 0.3 is 0 Å². The largest absolute Gasteiger partial charge is 0.383 e. The highest BCUT2D eigenvalue weighted by molar-refractivity contribution is 7.14. The first-order valence-corrected chi connectivity index (χ1v) is 5.86. The van der Waals surface area contributed by atoms with Crippen LogP contribution in [0.1, 0.15) is 0 Å². The molecule has 0 aliphatic heterocycles. The second kappa shape index (κ2) is 5.09. The van der Waals surface area contributed by atoms with Gasteiger partial charge in [-0.25, -0.2) is 4.98 Å². The number of nitrogens with zero attached hydrogens (tertiary/aromatic N) is 3. The van der Waals surface area contributed by atoms with Gasteiger partial charge in [-0.1, -0.05) is 0 Å². The molecule has 0 saturated carbocycles. The van der Waals surface area contributed by atoms with Crippen molar-refractivity contribution in [3.8, 4) is 11.4 Å². The summed E-state index contributed by atoms with van der Waals surface area (Å²) in [5, 5.41) is 10.2. The normalized spacial score (nSPS) is 10.6. The summed E-state index contributed by atoms with van der Waals surface area (Å²) >= 11 is 1.59. The van der Waals surface area contributed by atoms with Crippen LogP contribution in [-0.4, -0.2) is 35.0 Å². The number of aromatic nitrogens is 3. The van der Waals surface area contributed by atoms with E-state index in [9.17, 15) is 0 Å². The number of hydrogen-bond donors (Lipinski definition) is 1. The Morgan fingerprint density at radius 2 is 2.44 bits per heavy atom. The smallest absolute Gasteiger partial charge is 0.183 e. The molecule has 2 heterocycles. The summed E-state index contributed by atoms with van der Waals surface area (Å²) in [5.41, 5.74) is 1.97. The van der Waals surface area contributed by atoms with Crippen molar-refractivity contribution < 1.29 is 4.74 Å². The van der Waals surface area contributed by atoms with E-state index in [-0.39, 0.29) is 0 Å². The molecule has 2 aromatic heterocycles. The van der Waals surface area contributed by atoms with Gasteiger partial charge in [0, 0.05) is 32.3 Å². The fourth-order valence-electron chi connectivity index (χ4n) is 1.36. The molecule has 0 aliphatic rings. The van der Waals surface area contributed by atoms with Crippen LogP contribution >= 0.6 is 11.3 Å². The van der Waals surface area contributed by atoms with Gasteiger partial charge in [-0.2, -0.15) is 5.10 Å². The first-order valence-electron chi connectivity index (χ1n) is 4.98. The highest BCUT2D eigenvalue weighted by Gasteiger charge is 2.07. The molecule has 0 aliphatic carbocycles. The summed E-state index contributed by atoms with van der Waals surface area (Å²) in [6, 6.07) is 1.95. The van der Waals surface area contributed by atoms with Crippen LogP contribution in [0.3, 0.4) is 0 Å². The maximum atomic E-state index is 4.96. The van der Waals surface area contributed by atoms with Gasteiger partial charge in [-0.05, 0) is 6.07 Å². The Morgan fingerprint density at radius 3 is 3.12 bits per heavy atom. The van der Waals surface area contributed by atoms with Gasteiger partial charge in [0.25, 0.3) is 0 Å². The molecule has 0 unspecified atom stereocenters. The standard InChI is InChI=1S/C10H14N4OS/c1-14-9(3-4-12-14)8-7-16-10(13-8)11-5-6-15-2/h3-4,7H,5-6H2,1-2H3,(H,11,13). The molecule has 0 spiro atoms. The fraction of sp³-hybridized carbons (Fsp3) is 0.400. The van der Waals surface area contributed by atoms with Gasteiger partial charge in [0.1, 0.15) is 5.69 Å². The summed E-state index contributed by atoms with van der Waals surface area (Å²) in [6.45, 7) is 1.45.